The molecular formula is C10H16N2O3S. The molecule has 1 atom stereocenters. The van der Waals surface area contributed by atoms with E-state index in [1.54, 1.807) is 20.8 Å². The highest BCUT2D eigenvalue weighted by molar-refractivity contribution is 7.80. The van der Waals surface area contributed by atoms with Crippen LogP contribution in [0, 0.1) is 0 Å². The molecule has 0 unspecified atom stereocenters. The number of hydrogen-bond acceptors (Lipinski definition) is 4. The van der Waals surface area contributed by atoms with Gasteiger partial charge in [0.25, 0.3) is 5.91 Å². The first-order chi connectivity index (χ1) is 7.26. The second-order valence-corrected chi connectivity index (χ2v) is 4.92. The molecular weight excluding hydrogens is 228 g/mol. The number of β-lactam (4-membered cyclic amide) rings is 1. The molecule has 0 radical (unpaired) electrons. The summed E-state index contributed by atoms with van der Waals surface area (Å²) in [7, 11) is 0. The number of likely N-dealkylation sites (tertiary alicyclic amines) is 1. The van der Waals surface area contributed by atoms with Crippen LogP contribution in [-0.2, 0) is 9.53 Å². The summed E-state index contributed by atoms with van der Waals surface area (Å²) in [6.45, 7) is 7.63. The third-order valence-electron chi connectivity index (χ3n) is 2.00. The molecule has 16 heavy (non-hydrogen) atoms. The molecule has 0 aliphatic carbocycles. The van der Waals surface area contributed by atoms with Crippen molar-refractivity contribution in [3.05, 3.63) is 0 Å². The fraction of sp³-hybridized carbons (Fsp3) is 0.700. The predicted octanol–water partition coefficient (Wildman–Crippen LogP) is 1.07. The summed E-state index contributed by atoms with van der Waals surface area (Å²) in [5, 5.41) is 2.44. The fourth-order valence-electron chi connectivity index (χ4n) is 1.32. The number of nitrogens with one attached hydrogen (secondary N) is 1. The van der Waals surface area contributed by atoms with Gasteiger partial charge in [-0.2, -0.15) is 0 Å². The number of alkyl carbamates (subject to hydrolysis) is 1. The maximum Gasteiger partial charge on any atom is 0.408 e. The Hall–Kier alpha value is -1.17. The van der Waals surface area contributed by atoms with E-state index < -0.39 is 17.7 Å². The van der Waals surface area contributed by atoms with E-state index >= 15 is 0 Å². The number of rotatable bonds is 2. The van der Waals surface area contributed by atoms with Crippen molar-refractivity contribution in [1.82, 2.24) is 10.2 Å². The van der Waals surface area contributed by atoms with Crippen molar-refractivity contribution in [1.29, 1.82) is 0 Å². The molecule has 0 aromatic rings. The third-order valence-corrected chi connectivity index (χ3v) is 2.46. The molecule has 0 aromatic heterocycles. The number of carbonyl (C=O) groups is 2. The van der Waals surface area contributed by atoms with Crippen LogP contribution in [0.5, 0.6) is 0 Å². The van der Waals surface area contributed by atoms with Gasteiger partial charge in [0.15, 0.2) is 6.04 Å². The normalized spacial score (nSPS) is 20.5. The summed E-state index contributed by atoms with van der Waals surface area (Å²) in [6.07, 6.45) is -0.621. The van der Waals surface area contributed by atoms with E-state index in [1.807, 2.05) is 6.92 Å². The lowest BCUT2D eigenvalue weighted by Crippen LogP contribution is -2.67. The van der Waals surface area contributed by atoms with Crippen molar-refractivity contribution in [2.24, 2.45) is 0 Å². The van der Waals surface area contributed by atoms with Crippen molar-refractivity contribution >= 4 is 29.2 Å². The Morgan fingerprint density at radius 3 is 2.50 bits per heavy atom. The molecule has 1 N–H and O–H groups in total. The first-order valence-electron chi connectivity index (χ1n) is 5.11. The van der Waals surface area contributed by atoms with E-state index in [-0.39, 0.29) is 5.91 Å². The minimum atomic E-state index is -0.704. The average molecular weight is 244 g/mol. The first kappa shape index (κ1) is 12.9. The lowest BCUT2D eigenvalue weighted by molar-refractivity contribution is -0.132. The second kappa shape index (κ2) is 4.37. The van der Waals surface area contributed by atoms with Gasteiger partial charge in [-0.1, -0.05) is 12.2 Å². The Kier molecular flexibility index (Phi) is 3.52. The lowest BCUT2D eigenvalue weighted by atomic mass is 10.1. The van der Waals surface area contributed by atoms with Crippen LogP contribution < -0.4 is 5.32 Å². The van der Waals surface area contributed by atoms with Gasteiger partial charge in [-0.15, -0.1) is 0 Å². The van der Waals surface area contributed by atoms with E-state index in [0.717, 1.165) is 0 Å². The Morgan fingerprint density at radius 2 is 2.12 bits per heavy atom. The molecule has 0 bridgehead atoms. The number of ether oxygens (including phenoxy) is 1. The largest absolute Gasteiger partial charge is 0.444 e. The van der Waals surface area contributed by atoms with Gasteiger partial charge in [0.05, 0.1) is 0 Å². The van der Waals surface area contributed by atoms with Gasteiger partial charge in [0.2, 0.25) is 0 Å². The number of nitrogens with zero attached hydrogens (tertiary/aromatic N) is 1. The van der Waals surface area contributed by atoms with Gasteiger partial charge in [0.1, 0.15) is 10.6 Å². The smallest absolute Gasteiger partial charge is 0.408 e. The maximum absolute atomic E-state index is 11.5. The number of carbonyl (C=O) groups excluding carboxylic acids is 2. The van der Waals surface area contributed by atoms with Crippen LogP contribution in [-0.4, -0.2) is 40.1 Å². The second-order valence-electron chi connectivity index (χ2n) is 4.50. The molecule has 5 nitrogen and oxygen atoms in total. The molecule has 0 saturated carbocycles. The summed E-state index contributed by atoms with van der Waals surface area (Å²) in [4.78, 5) is 24.7. The zero-order valence-corrected chi connectivity index (χ0v) is 10.7. The zero-order valence-electron chi connectivity index (χ0n) is 9.86. The molecule has 1 rings (SSSR count). The van der Waals surface area contributed by atoms with Gasteiger partial charge in [-0.3, -0.25) is 4.79 Å². The highest BCUT2D eigenvalue weighted by Gasteiger charge is 2.43. The van der Waals surface area contributed by atoms with Crippen LogP contribution in [0.2, 0.25) is 0 Å². The minimum Gasteiger partial charge on any atom is -0.444 e. The summed E-state index contributed by atoms with van der Waals surface area (Å²) >= 11 is 5.00. The SMILES string of the molecule is CCN1C(=O)[C@@H](NC(=O)OC(C)(C)C)C1=S. The predicted molar refractivity (Wildman–Crippen MR) is 63.1 cm³/mol. The molecule has 1 aliphatic rings. The average Bonchev–Trinajstić information content (AvgIpc) is 2.12. The third kappa shape index (κ3) is 2.69. The van der Waals surface area contributed by atoms with Crippen molar-refractivity contribution in [3.63, 3.8) is 0 Å². The van der Waals surface area contributed by atoms with Crippen LogP contribution in [0.15, 0.2) is 0 Å². The minimum absolute atomic E-state index is 0.182. The summed E-state index contributed by atoms with van der Waals surface area (Å²) in [6, 6.07) is -0.704. The topological polar surface area (TPSA) is 58.6 Å². The molecule has 1 heterocycles. The molecule has 1 saturated heterocycles. The summed E-state index contributed by atoms with van der Waals surface area (Å²) < 4.78 is 5.03. The number of amides is 2. The number of thiocarbonyl (C=S) groups is 1. The van der Waals surface area contributed by atoms with Gasteiger partial charge in [0, 0.05) is 6.54 Å². The molecule has 90 valence electrons. The lowest BCUT2D eigenvalue weighted by Gasteiger charge is -2.38. The monoisotopic (exact) mass is 244 g/mol. The molecule has 0 spiro atoms. The summed E-state index contributed by atoms with van der Waals surface area (Å²) in [5.41, 5.74) is -0.580. The molecule has 1 fully saturated rings. The highest BCUT2D eigenvalue weighted by Crippen LogP contribution is 2.15. The van der Waals surface area contributed by atoms with Crippen LogP contribution >= 0.6 is 12.2 Å². The van der Waals surface area contributed by atoms with Gasteiger partial charge >= 0.3 is 6.09 Å². The van der Waals surface area contributed by atoms with Crippen molar-refractivity contribution in [3.8, 4) is 0 Å². The van der Waals surface area contributed by atoms with E-state index in [9.17, 15) is 9.59 Å². The van der Waals surface area contributed by atoms with Gasteiger partial charge in [-0.25, -0.2) is 4.79 Å². The van der Waals surface area contributed by atoms with Crippen molar-refractivity contribution < 1.29 is 14.3 Å². The Balaban J connectivity index is 2.49. The number of likely N-dealkylation sites (N-methyl/N-ethyl adjacent to an activating group) is 1. The van der Waals surface area contributed by atoms with Crippen molar-refractivity contribution in [2.45, 2.75) is 39.3 Å². The highest BCUT2D eigenvalue weighted by atomic mass is 32.1. The van der Waals surface area contributed by atoms with Crippen LogP contribution in [0.3, 0.4) is 0 Å². The maximum atomic E-state index is 11.5. The standard InChI is InChI=1S/C10H16N2O3S/c1-5-12-7(13)6(8(12)16)11-9(14)15-10(2,3)4/h6H,5H2,1-4H3,(H,11,14)/t6-/m1/s1. The quantitative estimate of drug-likeness (QED) is 0.583. The van der Waals surface area contributed by atoms with E-state index in [0.29, 0.717) is 11.5 Å². The molecule has 2 amide bonds. The Bertz CT molecular complexity index is 319. The van der Waals surface area contributed by atoms with Gasteiger partial charge < -0.3 is 15.0 Å². The van der Waals surface area contributed by atoms with E-state index in [4.69, 9.17) is 17.0 Å². The molecule has 1 aliphatic heterocycles. The van der Waals surface area contributed by atoms with Crippen LogP contribution in [0.25, 0.3) is 0 Å². The molecule has 0 aromatic carbocycles. The fourth-order valence-corrected chi connectivity index (χ4v) is 1.70. The van der Waals surface area contributed by atoms with Crippen molar-refractivity contribution in [2.75, 3.05) is 6.54 Å². The number of hydrogen-bond donors (Lipinski definition) is 1. The Morgan fingerprint density at radius 1 is 1.56 bits per heavy atom. The van der Waals surface area contributed by atoms with Crippen LogP contribution in [0.4, 0.5) is 4.79 Å². The molecule has 6 heteroatoms. The van der Waals surface area contributed by atoms with E-state index in [1.165, 1.54) is 4.90 Å². The Labute approximate surface area is 100 Å². The first-order valence-corrected chi connectivity index (χ1v) is 5.52. The zero-order chi connectivity index (χ0) is 12.5. The summed E-state index contributed by atoms with van der Waals surface area (Å²) in [5.74, 6) is -0.182. The van der Waals surface area contributed by atoms with Gasteiger partial charge in [-0.05, 0) is 27.7 Å². The van der Waals surface area contributed by atoms with E-state index in [2.05, 4.69) is 5.32 Å². The van der Waals surface area contributed by atoms with Crippen LogP contribution in [0.1, 0.15) is 27.7 Å².